The average Bonchev–Trinajstić information content (AvgIpc) is 3.89. The molecule has 14 N–H and O–H groups in total. The lowest BCUT2D eigenvalue weighted by molar-refractivity contribution is -0.249. The molecule has 4 heterocycles. The number of allylic oxidation sites excluding steroid dienone is 1. The number of hydrogen-bond acceptors (Lipinski definition) is 22. The van der Waals surface area contributed by atoms with Gasteiger partial charge in [-0.1, -0.05) is 24.6 Å². The number of aliphatic hydroxyl groups excluding tert-OH is 14. The predicted octanol–water partition coefficient (Wildman–Crippen LogP) is -5.89. The van der Waals surface area contributed by atoms with Gasteiger partial charge in [0.2, 0.25) is 0 Å². The Morgan fingerprint density at radius 1 is 0.639 bits per heavy atom. The van der Waals surface area contributed by atoms with Gasteiger partial charge in [-0.05, 0) is 55.9 Å². The molecule has 2 unspecified atom stereocenters. The Morgan fingerprint density at radius 2 is 1.08 bits per heavy atom. The minimum absolute atomic E-state index is 0.0186. The van der Waals surface area contributed by atoms with Gasteiger partial charge < -0.3 is 109 Å². The van der Waals surface area contributed by atoms with Crippen molar-refractivity contribution in [3.05, 3.63) is 23.3 Å². The molecule has 22 nitrogen and oxygen atoms in total. The van der Waals surface area contributed by atoms with Crippen molar-refractivity contribution in [2.45, 2.75) is 175 Å². The molecule has 6 rings (SSSR count). The van der Waals surface area contributed by atoms with Gasteiger partial charge in [0.1, 0.15) is 97.7 Å². The molecule has 0 spiro atoms. The van der Waals surface area contributed by atoms with E-state index >= 15 is 0 Å². The highest BCUT2D eigenvalue weighted by Gasteiger charge is 2.54. The van der Waals surface area contributed by atoms with Crippen molar-refractivity contribution >= 4 is 0 Å². The molecule has 23 atom stereocenters. The summed E-state index contributed by atoms with van der Waals surface area (Å²) in [6.45, 7) is 5.29. The highest BCUT2D eigenvalue weighted by molar-refractivity contribution is 5.29. The van der Waals surface area contributed by atoms with E-state index in [9.17, 15) is 71.5 Å². The zero-order valence-corrected chi connectivity index (χ0v) is 34.0. The van der Waals surface area contributed by atoms with Crippen molar-refractivity contribution in [2.24, 2.45) is 11.3 Å². The molecular weight excluding hydrogens is 820 g/mol. The third-order valence-corrected chi connectivity index (χ3v) is 13.2. The van der Waals surface area contributed by atoms with Crippen molar-refractivity contribution in [1.29, 1.82) is 0 Å². The van der Waals surface area contributed by atoms with Crippen molar-refractivity contribution in [3.8, 4) is 0 Å². The van der Waals surface area contributed by atoms with Gasteiger partial charge in [-0.3, -0.25) is 0 Å². The fraction of sp³-hybridized carbons (Fsp3) is 0.897. The minimum atomic E-state index is -1.67. The summed E-state index contributed by atoms with van der Waals surface area (Å²) >= 11 is 0. The van der Waals surface area contributed by atoms with Crippen LogP contribution in [-0.4, -0.2) is 233 Å². The first-order valence-corrected chi connectivity index (χ1v) is 20.7. The van der Waals surface area contributed by atoms with E-state index in [-0.39, 0.29) is 17.9 Å². The Kier molecular flexibility index (Phi) is 16.4. The first-order chi connectivity index (χ1) is 28.9. The molecule has 0 aromatic carbocycles. The Balaban J connectivity index is 1.000. The Hall–Kier alpha value is -1.40. The Morgan fingerprint density at radius 3 is 1.57 bits per heavy atom. The highest BCUT2D eigenvalue weighted by atomic mass is 16.8. The first-order valence-electron chi connectivity index (χ1n) is 20.7. The number of aliphatic hydroxyl groups is 14. The maximum Gasteiger partial charge on any atom is 0.187 e. The predicted molar refractivity (Wildman–Crippen MR) is 200 cm³/mol. The molecule has 352 valence electrons. The Bertz CT molecular complexity index is 1490. The molecule has 0 bridgehead atoms. The lowest BCUT2D eigenvalue weighted by atomic mass is 9.60. The van der Waals surface area contributed by atoms with Gasteiger partial charge in [0.05, 0.1) is 39.1 Å². The summed E-state index contributed by atoms with van der Waals surface area (Å²) in [6, 6.07) is 0. The van der Waals surface area contributed by atoms with Gasteiger partial charge in [-0.2, -0.15) is 0 Å². The van der Waals surface area contributed by atoms with Crippen LogP contribution in [0.3, 0.4) is 0 Å². The molecule has 2 aliphatic carbocycles. The van der Waals surface area contributed by atoms with Crippen LogP contribution >= 0.6 is 0 Å². The van der Waals surface area contributed by atoms with Gasteiger partial charge in [-0.25, -0.2) is 0 Å². The summed E-state index contributed by atoms with van der Waals surface area (Å²) in [6.07, 6.45) is -27.1. The fourth-order valence-corrected chi connectivity index (χ4v) is 9.55. The molecule has 0 radical (unpaired) electrons. The molecule has 4 aliphatic heterocycles. The summed E-state index contributed by atoms with van der Waals surface area (Å²) in [5, 5.41) is 143. The molecule has 0 amide bonds. The van der Waals surface area contributed by atoms with Crippen molar-refractivity contribution < 1.29 is 109 Å². The summed E-state index contributed by atoms with van der Waals surface area (Å²) in [4.78, 5) is 0. The van der Waals surface area contributed by atoms with E-state index in [0.29, 0.717) is 31.3 Å². The van der Waals surface area contributed by atoms with Crippen LogP contribution < -0.4 is 0 Å². The van der Waals surface area contributed by atoms with Crippen LogP contribution in [0.4, 0.5) is 0 Å². The van der Waals surface area contributed by atoms with Crippen LogP contribution in [0, 0.1) is 11.3 Å². The molecule has 0 aromatic rings. The van der Waals surface area contributed by atoms with E-state index in [2.05, 4.69) is 13.5 Å². The van der Waals surface area contributed by atoms with Crippen LogP contribution in [0.2, 0.25) is 0 Å². The molecule has 0 aromatic heterocycles. The van der Waals surface area contributed by atoms with E-state index in [1.807, 2.05) is 6.92 Å². The van der Waals surface area contributed by atoms with Crippen molar-refractivity contribution in [2.75, 3.05) is 33.0 Å². The Labute approximate surface area is 351 Å². The standard InChI is InChI=1S/C39H64O22/c1-14-6-17(55-36-30(53)26(49)34(61-36)22(12-43)57-38-29(52)24(47)32(59-38)20(45)10-41)8-39(3)5-4-16(7-18(14)39)15(2)13-54-35-27(50)25(48)33(60-35)21(11-42)56-37-28(51)23(46)31(58-37)19(44)9-40/h16-17,19-38,40-53H,2,4-13H2,1,3H3/t16?,17-,19?,20-,21-,22-,23-,24-,25-,26-,27-,28-,29-,30-,31+,32+,33+,34+,35-,36-,37-,38-,39-/m1/s1. The number of hydrogen-bond donors (Lipinski definition) is 14. The molecule has 4 saturated heterocycles. The highest BCUT2D eigenvalue weighted by Crippen LogP contribution is 2.53. The maximum absolute atomic E-state index is 10.9. The number of ether oxygens (including phenoxy) is 8. The normalized spacial score (nSPS) is 46.2. The zero-order chi connectivity index (χ0) is 44.7. The molecule has 6 aliphatic rings. The largest absolute Gasteiger partial charge is 0.394 e. The quantitative estimate of drug-likeness (QED) is 0.0570. The van der Waals surface area contributed by atoms with E-state index in [0.717, 1.165) is 12.0 Å². The minimum Gasteiger partial charge on any atom is -0.394 e. The summed E-state index contributed by atoms with van der Waals surface area (Å²) in [5.41, 5.74) is 2.67. The first kappa shape index (κ1) is 49.0. The van der Waals surface area contributed by atoms with Gasteiger partial charge >= 0.3 is 0 Å². The SMILES string of the molecule is C=C(CO[C@@H]1O[C@@H]([C@@H](CO)O[C@@H]2O[C@@H](C(O)CO)[C@H](O)[C@H]2O)[C@H](O)[C@H]1O)C1CC[C@]2(C)C[C@H](O[C@@H]3O[C@@H]([C@@H](CO)O[C@@H]4O[C@@H]([C@H](O)CO)[C@H](O)[C@H]4O)[C@H](O)[C@H]3O)CC(C)=C2C1. The molecule has 1 saturated carbocycles. The third kappa shape index (κ3) is 10.1. The average molecular weight is 885 g/mol. The second kappa shape index (κ2) is 20.4. The van der Waals surface area contributed by atoms with Gasteiger partial charge in [0.25, 0.3) is 0 Å². The second-order valence-corrected chi connectivity index (χ2v) is 17.4. The van der Waals surface area contributed by atoms with E-state index in [1.54, 1.807) is 0 Å². The molecule has 61 heavy (non-hydrogen) atoms. The van der Waals surface area contributed by atoms with Gasteiger partial charge in [0, 0.05) is 0 Å². The summed E-state index contributed by atoms with van der Waals surface area (Å²) in [7, 11) is 0. The van der Waals surface area contributed by atoms with Crippen LogP contribution in [0.25, 0.3) is 0 Å². The monoisotopic (exact) mass is 884 g/mol. The molecule has 5 fully saturated rings. The zero-order valence-electron chi connectivity index (χ0n) is 34.0. The van der Waals surface area contributed by atoms with E-state index in [4.69, 9.17) is 37.9 Å². The van der Waals surface area contributed by atoms with Crippen molar-refractivity contribution in [1.82, 2.24) is 0 Å². The number of rotatable bonds is 18. The van der Waals surface area contributed by atoms with Gasteiger partial charge in [0.15, 0.2) is 25.2 Å². The smallest absolute Gasteiger partial charge is 0.187 e. The third-order valence-electron chi connectivity index (χ3n) is 13.2. The summed E-state index contributed by atoms with van der Waals surface area (Å²) < 4.78 is 45.7. The molecular formula is C39H64O22. The van der Waals surface area contributed by atoms with E-state index in [1.165, 1.54) is 5.57 Å². The lowest BCUT2D eigenvalue weighted by Crippen LogP contribution is -2.46. The van der Waals surface area contributed by atoms with Crippen LogP contribution in [0.15, 0.2) is 23.3 Å². The topological polar surface area (TPSA) is 357 Å². The number of fused-ring (bicyclic) bond motifs is 1. The van der Waals surface area contributed by atoms with Gasteiger partial charge in [-0.15, -0.1) is 0 Å². The summed E-state index contributed by atoms with van der Waals surface area (Å²) in [5.74, 6) is -0.0186. The van der Waals surface area contributed by atoms with Crippen LogP contribution in [0.5, 0.6) is 0 Å². The maximum atomic E-state index is 10.9. The van der Waals surface area contributed by atoms with Crippen LogP contribution in [-0.2, 0) is 37.9 Å². The second-order valence-electron chi connectivity index (χ2n) is 17.4. The van der Waals surface area contributed by atoms with E-state index < -0.39 is 155 Å². The van der Waals surface area contributed by atoms with Crippen LogP contribution in [0.1, 0.15) is 46.0 Å². The van der Waals surface area contributed by atoms with Crippen molar-refractivity contribution in [3.63, 3.8) is 0 Å². The molecule has 22 heteroatoms. The fourth-order valence-electron chi connectivity index (χ4n) is 9.55. The lowest BCUT2D eigenvalue weighted by Gasteiger charge is -2.47.